The highest BCUT2D eigenvalue weighted by molar-refractivity contribution is 5.89. The van der Waals surface area contributed by atoms with Crippen LogP contribution in [-0.2, 0) is 33.2 Å². The number of hydrogen-bond acceptors (Lipinski definition) is 11. The van der Waals surface area contributed by atoms with Crippen LogP contribution >= 0.6 is 0 Å². The number of fused-ring (bicyclic) bond motifs is 2. The molecule has 7 bridgehead atoms. The first-order valence-corrected chi connectivity index (χ1v) is 23.4. The summed E-state index contributed by atoms with van der Waals surface area (Å²) >= 11 is 0. The van der Waals surface area contributed by atoms with E-state index in [9.17, 15) is 19.8 Å². The summed E-state index contributed by atoms with van der Waals surface area (Å²) in [5.41, 5.74) is -3.99. The van der Waals surface area contributed by atoms with Gasteiger partial charge in [0, 0.05) is 76.0 Å². The standard InChI is InChI=1S/C49H75NO10/c1-7-8-9-10-11-12-13-14-15-16-17-18-19-20-24-27-36(51)60-49-37-34(30-47(54,44(58-6)42(49)52)43(37)59-45(53)33-25-22-21-23-26-33)48-35(56-4)28-29-46(32-55-3)31-50(2)41(48)38(49)39(57-5)40(46)48/h14-15,21-23,25-26,34-35,37-44,52,54H,7-13,16-20,24,27-32H2,1-6H3/b15-14-/t34-,35+,37-,38+,39+,40-,41-,42?,43-,44+,46+,47+,48+,49-/m1/s1. The second-order valence-corrected chi connectivity index (χ2v) is 19.4. The molecule has 1 aromatic rings. The predicted molar refractivity (Wildman–Crippen MR) is 228 cm³/mol. The van der Waals surface area contributed by atoms with Crippen LogP contribution in [0.3, 0.4) is 0 Å². The number of unbranched alkanes of at least 4 members (excludes halogenated alkanes) is 11. The van der Waals surface area contributed by atoms with Crippen LogP contribution in [0.1, 0.15) is 126 Å². The summed E-state index contributed by atoms with van der Waals surface area (Å²) < 4.78 is 38.8. The lowest BCUT2D eigenvalue weighted by Crippen LogP contribution is -2.80. The number of benzene rings is 1. The summed E-state index contributed by atoms with van der Waals surface area (Å²) in [6, 6.07) is 8.51. The van der Waals surface area contributed by atoms with Gasteiger partial charge in [0.2, 0.25) is 0 Å². The summed E-state index contributed by atoms with van der Waals surface area (Å²) in [4.78, 5) is 30.9. The zero-order valence-electron chi connectivity index (χ0n) is 37.4. The monoisotopic (exact) mass is 838 g/mol. The average molecular weight is 838 g/mol. The Kier molecular flexibility index (Phi) is 14.6. The van der Waals surface area contributed by atoms with E-state index in [0.717, 1.165) is 57.9 Å². The largest absolute Gasteiger partial charge is 0.455 e. The molecule has 60 heavy (non-hydrogen) atoms. The molecule has 0 amide bonds. The quantitative estimate of drug-likeness (QED) is 0.0654. The number of hydrogen-bond donors (Lipinski definition) is 2. The van der Waals surface area contributed by atoms with E-state index in [-0.39, 0.29) is 36.3 Å². The molecule has 6 aliphatic rings. The molecule has 0 radical (unpaired) electrons. The fraction of sp³-hybridized carbons (Fsp3) is 0.796. The summed E-state index contributed by atoms with van der Waals surface area (Å²) in [6.45, 7) is 3.49. The van der Waals surface area contributed by atoms with Gasteiger partial charge in [0.15, 0.2) is 5.60 Å². The molecule has 0 aromatic heterocycles. The molecule has 2 N–H and O–H groups in total. The lowest BCUT2D eigenvalue weighted by Gasteiger charge is -2.69. The molecule has 1 heterocycles. The van der Waals surface area contributed by atoms with E-state index in [2.05, 4.69) is 31.0 Å². The highest BCUT2D eigenvalue weighted by atomic mass is 16.6. The number of carbonyl (C=O) groups excluding carboxylic acids is 2. The van der Waals surface area contributed by atoms with Gasteiger partial charge in [-0.2, -0.15) is 0 Å². The molecule has 11 heteroatoms. The third kappa shape index (κ3) is 7.41. The SMILES string of the molecule is CCCCCCCC/C=C\CCCCCCCC(=O)O[C@]12C(O)[C@H](OC)[C@]3(O)C[C@H]([C@@H]1[C@H]3OC(=O)c1ccccc1)[C@@]13[C@@H](OC)CC[C@@]4(COC)CN(C)[C@@H]1[C@@H]2[C@H](OC)[C@H]43. The maximum Gasteiger partial charge on any atom is 0.338 e. The molecule has 11 nitrogen and oxygen atoms in total. The minimum Gasteiger partial charge on any atom is -0.455 e. The van der Waals surface area contributed by atoms with Gasteiger partial charge in [-0.15, -0.1) is 0 Å². The summed E-state index contributed by atoms with van der Waals surface area (Å²) in [7, 11) is 8.81. The lowest BCUT2D eigenvalue weighted by atomic mass is 9.43. The third-order valence-corrected chi connectivity index (χ3v) is 16.4. The second-order valence-electron chi connectivity index (χ2n) is 19.4. The van der Waals surface area contributed by atoms with Crippen molar-refractivity contribution in [3.63, 3.8) is 0 Å². The van der Waals surface area contributed by atoms with Crippen molar-refractivity contribution in [3.8, 4) is 0 Å². The van der Waals surface area contributed by atoms with Gasteiger partial charge in [-0.3, -0.25) is 4.79 Å². The van der Waals surface area contributed by atoms with E-state index in [1.165, 1.54) is 45.6 Å². The van der Waals surface area contributed by atoms with Crippen molar-refractivity contribution >= 4 is 11.9 Å². The number of carbonyl (C=O) groups is 2. The molecule has 1 unspecified atom stereocenters. The number of methoxy groups -OCH3 is 4. The first-order chi connectivity index (χ1) is 29.1. The van der Waals surface area contributed by atoms with Crippen molar-refractivity contribution < 1.29 is 48.2 Å². The summed E-state index contributed by atoms with van der Waals surface area (Å²) in [5, 5.41) is 26.0. The van der Waals surface area contributed by atoms with Gasteiger partial charge in [-0.1, -0.05) is 88.6 Å². The number of likely N-dealkylation sites (tertiary alicyclic amines) is 1. The normalized spacial score (nSPS) is 39.9. The van der Waals surface area contributed by atoms with Crippen LogP contribution < -0.4 is 0 Å². The van der Waals surface area contributed by atoms with E-state index < -0.39 is 70.7 Å². The molecule has 6 fully saturated rings. The molecule has 5 saturated carbocycles. The van der Waals surface area contributed by atoms with Crippen molar-refractivity contribution in [2.24, 2.45) is 34.5 Å². The molecule has 1 aromatic carbocycles. The van der Waals surface area contributed by atoms with E-state index in [1.54, 1.807) is 45.6 Å². The zero-order valence-corrected chi connectivity index (χ0v) is 37.4. The fourth-order valence-electron chi connectivity index (χ4n) is 14.6. The van der Waals surface area contributed by atoms with E-state index >= 15 is 0 Å². The minimum absolute atomic E-state index is 0.113. The van der Waals surface area contributed by atoms with Crippen LogP contribution in [0.2, 0.25) is 0 Å². The number of piperidine rings is 1. The molecule has 5 aliphatic carbocycles. The van der Waals surface area contributed by atoms with Gasteiger partial charge in [0.05, 0.1) is 24.4 Å². The predicted octanol–water partition coefficient (Wildman–Crippen LogP) is 7.30. The van der Waals surface area contributed by atoms with Gasteiger partial charge in [-0.05, 0) is 76.5 Å². The lowest BCUT2D eigenvalue weighted by molar-refractivity contribution is -0.317. The number of ether oxygens (including phenoxy) is 6. The maximum atomic E-state index is 14.5. The molecule has 14 atom stereocenters. The first-order valence-electron chi connectivity index (χ1n) is 23.4. The topological polar surface area (TPSA) is 133 Å². The smallest absolute Gasteiger partial charge is 0.338 e. The highest BCUT2D eigenvalue weighted by Gasteiger charge is 2.91. The average Bonchev–Trinajstić information content (AvgIpc) is 3.64. The Morgan fingerprint density at radius 3 is 2.15 bits per heavy atom. The Hall–Kier alpha value is -2.38. The van der Waals surface area contributed by atoms with Crippen LogP contribution in [0, 0.1) is 34.5 Å². The Balaban J connectivity index is 1.16. The first kappa shape index (κ1) is 45.6. The van der Waals surface area contributed by atoms with Crippen molar-refractivity contribution in [2.45, 2.75) is 164 Å². The van der Waals surface area contributed by atoms with Crippen LogP contribution in [0.25, 0.3) is 0 Å². The highest BCUT2D eigenvalue weighted by Crippen LogP contribution is 2.80. The van der Waals surface area contributed by atoms with Crippen LogP contribution in [0.15, 0.2) is 42.5 Å². The minimum atomic E-state index is -1.78. The summed E-state index contributed by atoms with van der Waals surface area (Å²) in [6.07, 6.45) is 17.1. The van der Waals surface area contributed by atoms with Gasteiger partial charge in [0.25, 0.3) is 0 Å². The van der Waals surface area contributed by atoms with Gasteiger partial charge in [0.1, 0.15) is 23.9 Å². The Morgan fingerprint density at radius 2 is 1.52 bits per heavy atom. The summed E-state index contributed by atoms with van der Waals surface area (Å²) in [5.74, 6) is -2.82. The zero-order chi connectivity index (χ0) is 42.7. The number of rotatable bonds is 23. The molecular weight excluding hydrogens is 763 g/mol. The maximum absolute atomic E-state index is 14.5. The molecule has 1 aliphatic heterocycles. The van der Waals surface area contributed by atoms with Gasteiger partial charge in [-0.25, -0.2) is 4.79 Å². The number of aliphatic hydroxyl groups is 2. The van der Waals surface area contributed by atoms with Crippen LogP contribution in [-0.4, -0.2) is 123 Å². The van der Waals surface area contributed by atoms with Gasteiger partial charge >= 0.3 is 11.9 Å². The molecule has 1 spiro atoms. The second kappa shape index (κ2) is 19.2. The number of esters is 2. The molecule has 336 valence electrons. The van der Waals surface area contributed by atoms with E-state index in [1.807, 2.05) is 6.07 Å². The Morgan fingerprint density at radius 1 is 0.850 bits per heavy atom. The van der Waals surface area contributed by atoms with E-state index in [4.69, 9.17) is 28.4 Å². The Labute approximate surface area is 359 Å². The van der Waals surface area contributed by atoms with Crippen molar-refractivity contribution in [3.05, 3.63) is 48.0 Å². The Bertz CT molecular complexity index is 1630. The number of allylic oxidation sites excluding steroid dienone is 2. The third-order valence-electron chi connectivity index (χ3n) is 16.4. The van der Waals surface area contributed by atoms with Crippen molar-refractivity contribution in [1.82, 2.24) is 4.90 Å². The fourth-order valence-corrected chi connectivity index (χ4v) is 14.6. The van der Waals surface area contributed by atoms with Gasteiger partial charge < -0.3 is 43.5 Å². The van der Waals surface area contributed by atoms with Crippen molar-refractivity contribution in [2.75, 3.05) is 48.6 Å². The number of aliphatic hydroxyl groups excluding tert-OH is 1. The molecule has 1 saturated heterocycles. The molecular formula is C49H75NO10. The van der Waals surface area contributed by atoms with Crippen molar-refractivity contribution in [1.29, 1.82) is 0 Å². The number of nitrogens with zero attached hydrogens (tertiary/aromatic N) is 1. The van der Waals surface area contributed by atoms with Crippen LogP contribution in [0.5, 0.6) is 0 Å². The van der Waals surface area contributed by atoms with Crippen LogP contribution in [0.4, 0.5) is 0 Å². The molecule has 7 rings (SSSR count). The van der Waals surface area contributed by atoms with E-state index in [0.29, 0.717) is 18.6 Å².